The van der Waals surface area contributed by atoms with Gasteiger partial charge < -0.3 is 9.67 Å². The Morgan fingerprint density at radius 3 is 2.65 bits per heavy atom. The van der Waals surface area contributed by atoms with Crippen LogP contribution >= 0.6 is 0 Å². The summed E-state index contributed by atoms with van der Waals surface area (Å²) in [5, 5.41) is 8.81. The van der Waals surface area contributed by atoms with Gasteiger partial charge in [0.2, 0.25) is 0 Å². The number of hydrogen-bond donors (Lipinski definition) is 1. The minimum atomic E-state index is -3.75. The molecule has 7 nitrogen and oxygen atoms in total. The summed E-state index contributed by atoms with van der Waals surface area (Å²) in [6.07, 6.45) is 2.37. The second-order valence-electron chi connectivity index (χ2n) is 4.84. The highest BCUT2D eigenvalue weighted by atomic mass is 32.2. The van der Waals surface area contributed by atoms with Crippen molar-refractivity contribution >= 4 is 16.0 Å². The molecule has 0 amide bonds. The van der Waals surface area contributed by atoms with E-state index in [1.807, 2.05) is 6.92 Å². The van der Waals surface area contributed by atoms with Crippen molar-refractivity contribution in [3.63, 3.8) is 0 Å². The molecule has 1 N–H and O–H groups in total. The average Bonchev–Trinajstić information content (AvgIpc) is 2.72. The fourth-order valence-corrected chi connectivity index (χ4v) is 3.04. The number of carboxylic acids is 1. The van der Waals surface area contributed by atoms with E-state index in [2.05, 4.69) is 4.98 Å². The van der Waals surface area contributed by atoms with E-state index in [9.17, 15) is 13.2 Å². The van der Waals surface area contributed by atoms with E-state index in [1.54, 1.807) is 11.5 Å². The Bertz CT molecular complexity index is 580. The minimum Gasteiger partial charge on any atom is -0.481 e. The van der Waals surface area contributed by atoms with Gasteiger partial charge in [0, 0.05) is 26.3 Å². The minimum absolute atomic E-state index is 0.0384. The molecule has 20 heavy (non-hydrogen) atoms. The predicted octanol–water partition coefficient (Wildman–Crippen LogP) is 0.943. The molecule has 0 aliphatic heterocycles. The Labute approximate surface area is 119 Å². The Balaban J connectivity index is 2.98. The van der Waals surface area contributed by atoms with Crippen LogP contribution in [0, 0.1) is 12.8 Å². The van der Waals surface area contributed by atoms with Gasteiger partial charge in [-0.2, -0.15) is 4.31 Å². The van der Waals surface area contributed by atoms with Crippen molar-refractivity contribution in [3.05, 3.63) is 12.0 Å². The molecular weight excluding hydrogens is 282 g/mol. The fraction of sp³-hybridized carbons (Fsp3) is 0.667. The number of carbonyl (C=O) groups is 1. The summed E-state index contributed by atoms with van der Waals surface area (Å²) in [6, 6.07) is 0. The zero-order valence-corrected chi connectivity index (χ0v) is 13.0. The van der Waals surface area contributed by atoms with Crippen molar-refractivity contribution in [3.8, 4) is 0 Å². The Kier molecular flexibility index (Phi) is 5.29. The molecular formula is C12H21N3O4S. The third-order valence-corrected chi connectivity index (χ3v) is 4.74. The standard InChI is InChI=1S/C12H21N3O4S/c1-5-6-15-8-11(13-10(15)3)20(18,19)14(4)7-9(2)12(16)17/h8-9H,5-7H2,1-4H3,(H,16,17). The van der Waals surface area contributed by atoms with Gasteiger partial charge in [-0.1, -0.05) is 13.8 Å². The van der Waals surface area contributed by atoms with Gasteiger partial charge in [0.1, 0.15) is 5.82 Å². The molecule has 1 heterocycles. The molecule has 0 spiro atoms. The van der Waals surface area contributed by atoms with E-state index in [0.29, 0.717) is 12.4 Å². The second-order valence-corrected chi connectivity index (χ2v) is 6.84. The summed E-state index contributed by atoms with van der Waals surface area (Å²) in [4.78, 5) is 14.9. The highest BCUT2D eigenvalue weighted by Crippen LogP contribution is 2.15. The molecule has 0 saturated heterocycles. The number of carboxylic acid groups (broad SMARTS) is 1. The summed E-state index contributed by atoms with van der Waals surface area (Å²) in [6.45, 7) is 5.82. The molecule has 0 fully saturated rings. The van der Waals surface area contributed by atoms with Crippen LogP contribution in [0.15, 0.2) is 11.2 Å². The Morgan fingerprint density at radius 1 is 1.55 bits per heavy atom. The van der Waals surface area contributed by atoms with E-state index >= 15 is 0 Å². The van der Waals surface area contributed by atoms with Gasteiger partial charge in [-0.25, -0.2) is 13.4 Å². The zero-order chi connectivity index (χ0) is 15.5. The maximum absolute atomic E-state index is 12.3. The van der Waals surface area contributed by atoms with Crippen LogP contribution in [0.25, 0.3) is 0 Å². The molecule has 0 aliphatic carbocycles. The van der Waals surface area contributed by atoms with Gasteiger partial charge in [-0.05, 0) is 13.3 Å². The Morgan fingerprint density at radius 2 is 2.15 bits per heavy atom. The van der Waals surface area contributed by atoms with Crippen LogP contribution in [0.2, 0.25) is 0 Å². The van der Waals surface area contributed by atoms with Gasteiger partial charge in [-0.3, -0.25) is 4.79 Å². The SMILES string of the molecule is CCCn1cc(S(=O)(=O)N(C)CC(C)C(=O)O)nc1C. The number of aryl methyl sites for hydroxylation is 2. The van der Waals surface area contributed by atoms with Crippen LogP contribution in [0.1, 0.15) is 26.1 Å². The van der Waals surface area contributed by atoms with Crippen LogP contribution in [-0.4, -0.2) is 46.9 Å². The summed E-state index contributed by atoms with van der Waals surface area (Å²) >= 11 is 0. The number of aliphatic carboxylic acids is 1. The average molecular weight is 303 g/mol. The lowest BCUT2D eigenvalue weighted by Gasteiger charge is -2.17. The number of nitrogens with zero attached hydrogens (tertiary/aromatic N) is 3. The molecule has 1 unspecified atom stereocenters. The maximum Gasteiger partial charge on any atom is 0.307 e. The number of imidazole rings is 1. The van der Waals surface area contributed by atoms with Gasteiger partial charge in [-0.15, -0.1) is 0 Å². The number of aromatic nitrogens is 2. The quantitative estimate of drug-likeness (QED) is 0.809. The smallest absolute Gasteiger partial charge is 0.307 e. The number of hydrogen-bond acceptors (Lipinski definition) is 4. The zero-order valence-electron chi connectivity index (χ0n) is 12.2. The molecule has 0 aliphatic rings. The highest BCUT2D eigenvalue weighted by Gasteiger charge is 2.27. The van der Waals surface area contributed by atoms with Crippen LogP contribution in [0.3, 0.4) is 0 Å². The lowest BCUT2D eigenvalue weighted by molar-refractivity contribution is -0.141. The Hall–Kier alpha value is -1.41. The van der Waals surface area contributed by atoms with Gasteiger partial charge >= 0.3 is 5.97 Å². The van der Waals surface area contributed by atoms with Crippen molar-refractivity contribution < 1.29 is 18.3 Å². The second kappa shape index (κ2) is 6.36. The van der Waals surface area contributed by atoms with Crippen LogP contribution < -0.4 is 0 Å². The maximum atomic E-state index is 12.3. The molecule has 8 heteroatoms. The molecule has 1 aromatic heterocycles. The van der Waals surface area contributed by atoms with Crippen LogP contribution in [0.5, 0.6) is 0 Å². The lowest BCUT2D eigenvalue weighted by atomic mass is 10.2. The van der Waals surface area contributed by atoms with Crippen molar-refractivity contribution in [2.75, 3.05) is 13.6 Å². The first-order chi connectivity index (χ1) is 9.20. The predicted molar refractivity (Wildman–Crippen MR) is 73.9 cm³/mol. The first kappa shape index (κ1) is 16.6. The van der Waals surface area contributed by atoms with E-state index in [4.69, 9.17) is 5.11 Å². The monoisotopic (exact) mass is 303 g/mol. The third kappa shape index (κ3) is 3.57. The highest BCUT2D eigenvalue weighted by molar-refractivity contribution is 7.89. The molecule has 1 atom stereocenters. The molecule has 1 rings (SSSR count). The van der Waals surface area contributed by atoms with E-state index in [0.717, 1.165) is 10.7 Å². The number of rotatable bonds is 7. The first-order valence-electron chi connectivity index (χ1n) is 6.43. The molecule has 1 aromatic rings. The van der Waals surface area contributed by atoms with Gasteiger partial charge in [0.25, 0.3) is 10.0 Å². The number of sulfonamides is 1. The summed E-state index contributed by atoms with van der Waals surface area (Å²) in [7, 11) is -2.39. The van der Waals surface area contributed by atoms with Crippen molar-refractivity contribution in [1.82, 2.24) is 13.9 Å². The topological polar surface area (TPSA) is 92.5 Å². The van der Waals surface area contributed by atoms with Crippen molar-refractivity contribution in [1.29, 1.82) is 0 Å². The van der Waals surface area contributed by atoms with Gasteiger partial charge in [0.15, 0.2) is 5.03 Å². The van der Waals surface area contributed by atoms with E-state index in [-0.39, 0.29) is 11.6 Å². The molecule has 0 radical (unpaired) electrons. The summed E-state index contributed by atoms with van der Waals surface area (Å²) < 4.78 is 27.4. The molecule has 0 aromatic carbocycles. The summed E-state index contributed by atoms with van der Waals surface area (Å²) in [5.41, 5.74) is 0. The van der Waals surface area contributed by atoms with E-state index < -0.39 is 21.9 Å². The largest absolute Gasteiger partial charge is 0.481 e. The molecule has 0 bridgehead atoms. The molecule has 114 valence electrons. The van der Waals surface area contributed by atoms with Crippen LogP contribution in [0.4, 0.5) is 0 Å². The lowest BCUT2D eigenvalue weighted by Crippen LogP contribution is -2.33. The summed E-state index contributed by atoms with van der Waals surface area (Å²) in [5.74, 6) is -1.17. The van der Waals surface area contributed by atoms with Crippen LogP contribution in [-0.2, 0) is 21.4 Å². The third-order valence-electron chi connectivity index (χ3n) is 3.05. The van der Waals surface area contributed by atoms with Crippen molar-refractivity contribution in [2.45, 2.75) is 38.8 Å². The van der Waals surface area contributed by atoms with E-state index in [1.165, 1.54) is 20.2 Å². The van der Waals surface area contributed by atoms with Crippen molar-refractivity contribution in [2.24, 2.45) is 5.92 Å². The fourth-order valence-electron chi connectivity index (χ4n) is 1.79. The molecule has 0 saturated carbocycles. The first-order valence-corrected chi connectivity index (χ1v) is 7.87. The van der Waals surface area contributed by atoms with Gasteiger partial charge in [0.05, 0.1) is 5.92 Å². The normalized spacial score (nSPS) is 13.7.